The fourth-order valence-corrected chi connectivity index (χ4v) is 4.32. The summed E-state index contributed by atoms with van der Waals surface area (Å²) in [5, 5.41) is 2.34. The lowest BCUT2D eigenvalue weighted by atomic mass is 10.1. The molecule has 2 aliphatic rings. The summed E-state index contributed by atoms with van der Waals surface area (Å²) in [5.41, 5.74) is 1.39. The molecule has 0 saturated carbocycles. The van der Waals surface area contributed by atoms with E-state index in [-0.39, 0.29) is 28.8 Å². The Labute approximate surface area is 146 Å². The Kier molecular flexibility index (Phi) is 3.85. The maximum Gasteiger partial charge on any atom is 0.289 e. The van der Waals surface area contributed by atoms with Gasteiger partial charge in [0.2, 0.25) is 5.91 Å². The molecule has 24 heavy (non-hydrogen) atoms. The van der Waals surface area contributed by atoms with Gasteiger partial charge in [-0.3, -0.25) is 19.3 Å². The number of amides is 3. The molecular formula is C16H13N3O3S2. The normalized spacial score (nSPS) is 18.2. The van der Waals surface area contributed by atoms with Gasteiger partial charge in [-0.1, -0.05) is 42.1 Å². The van der Waals surface area contributed by atoms with E-state index >= 15 is 0 Å². The van der Waals surface area contributed by atoms with Crippen LogP contribution < -0.4 is 0 Å². The lowest BCUT2D eigenvalue weighted by molar-refractivity contribution is -0.128. The number of thioether (sulfide) groups is 1. The summed E-state index contributed by atoms with van der Waals surface area (Å²) in [4.78, 5) is 43.2. The summed E-state index contributed by atoms with van der Waals surface area (Å²) in [6.07, 6.45) is 0. The minimum Gasteiger partial charge on any atom is -0.333 e. The van der Waals surface area contributed by atoms with Crippen LogP contribution in [0.3, 0.4) is 0 Å². The first-order valence-electron chi connectivity index (χ1n) is 7.42. The number of imide groups is 1. The Morgan fingerprint density at radius 3 is 2.58 bits per heavy atom. The van der Waals surface area contributed by atoms with Crippen molar-refractivity contribution in [3.05, 3.63) is 41.4 Å². The molecule has 0 atom stereocenters. The van der Waals surface area contributed by atoms with Crippen molar-refractivity contribution in [2.45, 2.75) is 6.04 Å². The van der Waals surface area contributed by atoms with E-state index in [0.717, 1.165) is 22.3 Å². The quantitative estimate of drug-likeness (QED) is 0.841. The van der Waals surface area contributed by atoms with Crippen LogP contribution >= 0.6 is 23.1 Å². The maximum absolute atomic E-state index is 12.5. The molecule has 0 unspecified atom stereocenters. The fraction of sp³-hybridized carbons (Fsp3) is 0.250. The number of nitrogens with zero attached hydrogens (tertiary/aromatic N) is 3. The van der Waals surface area contributed by atoms with Gasteiger partial charge in [-0.05, 0) is 0 Å². The Morgan fingerprint density at radius 2 is 1.92 bits per heavy atom. The van der Waals surface area contributed by atoms with Crippen LogP contribution in [0.4, 0.5) is 4.79 Å². The summed E-state index contributed by atoms with van der Waals surface area (Å²) < 4.78 is 0. The lowest BCUT2D eigenvalue weighted by Crippen LogP contribution is -2.62. The zero-order chi connectivity index (χ0) is 16.7. The molecule has 4 rings (SSSR count). The van der Waals surface area contributed by atoms with Crippen molar-refractivity contribution in [2.24, 2.45) is 0 Å². The molecule has 0 bridgehead atoms. The lowest BCUT2D eigenvalue weighted by Gasteiger charge is -2.42. The molecule has 2 aliphatic heterocycles. The summed E-state index contributed by atoms with van der Waals surface area (Å²) in [6.45, 7) is 0.768. The molecule has 2 aromatic rings. The van der Waals surface area contributed by atoms with Gasteiger partial charge in [0.05, 0.1) is 11.8 Å². The van der Waals surface area contributed by atoms with E-state index in [9.17, 15) is 14.4 Å². The minimum atomic E-state index is -0.211. The van der Waals surface area contributed by atoms with Crippen molar-refractivity contribution in [3.63, 3.8) is 0 Å². The van der Waals surface area contributed by atoms with Crippen LogP contribution in [-0.4, -0.2) is 56.7 Å². The number of thiazole rings is 1. The summed E-state index contributed by atoms with van der Waals surface area (Å²) in [6, 6.07) is 9.50. The molecule has 2 fully saturated rings. The summed E-state index contributed by atoms with van der Waals surface area (Å²) in [5.74, 6) is -0.117. The molecule has 1 aromatic heterocycles. The van der Waals surface area contributed by atoms with E-state index in [4.69, 9.17) is 0 Å². The molecule has 3 amide bonds. The topological polar surface area (TPSA) is 70.6 Å². The van der Waals surface area contributed by atoms with Gasteiger partial charge < -0.3 is 4.90 Å². The third-order valence-corrected chi connectivity index (χ3v) is 5.77. The Morgan fingerprint density at radius 1 is 1.17 bits per heavy atom. The third kappa shape index (κ3) is 2.61. The molecule has 0 aliphatic carbocycles. The first-order chi connectivity index (χ1) is 11.6. The Hall–Kier alpha value is -2.19. The van der Waals surface area contributed by atoms with E-state index in [1.54, 1.807) is 10.3 Å². The molecule has 0 radical (unpaired) electrons. The van der Waals surface area contributed by atoms with Gasteiger partial charge in [-0.15, -0.1) is 11.3 Å². The molecule has 2 saturated heterocycles. The number of hydrogen-bond acceptors (Lipinski definition) is 6. The molecule has 3 heterocycles. The average molecular weight is 359 g/mol. The number of rotatable bonds is 3. The first kappa shape index (κ1) is 15.3. The van der Waals surface area contributed by atoms with Crippen molar-refractivity contribution in [1.29, 1.82) is 0 Å². The molecule has 6 nitrogen and oxygen atoms in total. The number of carbonyl (C=O) groups excluding carboxylic acids is 3. The highest BCUT2D eigenvalue weighted by atomic mass is 32.2. The highest BCUT2D eigenvalue weighted by Gasteiger charge is 2.43. The zero-order valence-electron chi connectivity index (χ0n) is 12.5. The second kappa shape index (κ2) is 6.03. The van der Waals surface area contributed by atoms with E-state index in [1.165, 1.54) is 16.2 Å². The summed E-state index contributed by atoms with van der Waals surface area (Å²) >= 11 is 2.45. The molecule has 8 heteroatoms. The van der Waals surface area contributed by atoms with Gasteiger partial charge in [0.1, 0.15) is 10.7 Å². The predicted molar refractivity (Wildman–Crippen MR) is 91.9 cm³/mol. The first-order valence-corrected chi connectivity index (χ1v) is 9.29. The number of aromatic nitrogens is 1. The van der Waals surface area contributed by atoms with Gasteiger partial charge in [-0.25, -0.2) is 4.98 Å². The maximum atomic E-state index is 12.5. The van der Waals surface area contributed by atoms with Crippen LogP contribution in [0.25, 0.3) is 10.6 Å². The average Bonchev–Trinajstić information content (AvgIpc) is 3.16. The zero-order valence-corrected chi connectivity index (χ0v) is 14.2. The molecule has 122 valence electrons. The number of hydrogen-bond donors (Lipinski definition) is 0. The van der Waals surface area contributed by atoms with Crippen LogP contribution in [0.2, 0.25) is 0 Å². The Balaban J connectivity index is 1.42. The van der Waals surface area contributed by atoms with Crippen molar-refractivity contribution in [2.75, 3.05) is 18.8 Å². The van der Waals surface area contributed by atoms with Crippen molar-refractivity contribution in [1.82, 2.24) is 14.8 Å². The van der Waals surface area contributed by atoms with E-state index in [0.29, 0.717) is 18.8 Å². The highest BCUT2D eigenvalue weighted by Crippen LogP contribution is 2.28. The SMILES string of the molecule is O=C(c1csc(-c2ccccc2)n1)N1CC(N2C(=O)CSC2=O)C1. The number of carbonyl (C=O) groups is 3. The van der Waals surface area contributed by atoms with Crippen LogP contribution in [0.5, 0.6) is 0 Å². The van der Waals surface area contributed by atoms with E-state index in [1.807, 2.05) is 30.3 Å². The van der Waals surface area contributed by atoms with Crippen LogP contribution in [0, 0.1) is 0 Å². The standard InChI is InChI=1S/C16H13N3O3S2/c20-13-9-24-16(22)19(13)11-6-18(7-11)15(21)12-8-23-14(17-12)10-4-2-1-3-5-10/h1-5,8,11H,6-7,9H2. The van der Waals surface area contributed by atoms with Gasteiger partial charge in [0, 0.05) is 24.0 Å². The highest BCUT2D eigenvalue weighted by molar-refractivity contribution is 8.14. The van der Waals surface area contributed by atoms with Crippen molar-refractivity contribution in [3.8, 4) is 10.6 Å². The van der Waals surface area contributed by atoms with Gasteiger partial charge >= 0.3 is 0 Å². The largest absolute Gasteiger partial charge is 0.333 e. The molecular weight excluding hydrogens is 346 g/mol. The van der Waals surface area contributed by atoms with Crippen LogP contribution in [-0.2, 0) is 4.79 Å². The Bertz CT molecular complexity index is 799. The third-order valence-electron chi connectivity index (χ3n) is 4.04. The van der Waals surface area contributed by atoms with Crippen LogP contribution in [0.15, 0.2) is 35.7 Å². The van der Waals surface area contributed by atoms with Crippen molar-refractivity contribution >= 4 is 40.2 Å². The second-order valence-electron chi connectivity index (χ2n) is 5.59. The monoisotopic (exact) mass is 359 g/mol. The van der Waals surface area contributed by atoms with E-state index < -0.39 is 0 Å². The predicted octanol–water partition coefficient (Wildman–Crippen LogP) is 2.33. The molecule has 0 spiro atoms. The van der Waals surface area contributed by atoms with Gasteiger partial charge in [0.15, 0.2) is 0 Å². The van der Waals surface area contributed by atoms with Crippen LogP contribution in [0.1, 0.15) is 10.5 Å². The van der Waals surface area contributed by atoms with Crippen molar-refractivity contribution < 1.29 is 14.4 Å². The molecule has 1 aromatic carbocycles. The summed E-state index contributed by atoms with van der Waals surface area (Å²) in [7, 11) is 0. The minimum absolute atomic E-state index is 0.156. The number of benzene rings is 1. The van der Waals surface area contributed by atoms with Gasteiger partial charge in [0.25, 0.3) is 11.1 Å². The smallest absolute Gasteiger partial charge is 0.289 e. The number of likely N-dealkylation sites (tertiary alicyclic amines) is 1. The van der Waals surface area contributed by atoms with Gasteiger partial charge in [-0.2, -0.15) is 0 Å². The second-order valence-corrected chi connectivity index (χ2v) is 7.37. The molecule has 0 N–H and O–H groups in total. The fourth-order valence-electron chi connectivity index (χ4n) is 2.75. The van der Waals surface area contributed by atoms with E-state index in [2.05, 4.69) is 4.98 Å².